The summed E-state index contributed by atoms with van der Waals surface area (Å²) in [6.07, 6.45) is 2.84. The molecule has 0 saturated carbocycles. The molecule has 2 rings (SSSR count). The van der Waals surface area contributed by atoms with Gasteiger partial charge in [0, 0.05) is 0 Å². The fourth-order valence-electron chi connectivity index (χ4n) is 3.12. The third-order valence-electron chi connectivity index (χ3n) is 4.31. The molecule has 4 atom stereocenters. The van der Waals surface area contributed by atoms with Gasteiger partial charge < -0.3 is 0 Å². The number of rotatable bonds is 6. The maximum atomic E-state index is 6.30. The van der Waals surface area contributed by atoms with Crippen molar-refractivity contribution in [2.45, 2.75) is 78.8 Å². The molecule has 0 bridgehead atoms. The Morgan fingerprint density at radius 1 is 0.714 bits per heavy atom. The Kier molecular flexibility index (Phi) is 5.35. The van der Waals surface area contributed by atoms with Crippen LogP contribution in [-0.4, -0.2) is 48.7 Å². The summed E-state index contributed by atoms with van der Waals surface area (Å²) in [5, 5.41) is 0. The quantitative estimate of drug-likeness (QED) is 0.693. The number of hydrogen-bond donors (Lipinski definition) is 0. The van der Waals surface area contributed by atoms with Crippen molar-refractivity contribution in [3.8, 4) is 0 Å². The normalized spacial score (nSPS) is 39.7. The molecular weight excluding hydrogens is 289 g/mol. The standard InChI is InChI=1S/C15H32NO4P/c1-7-9-16(10-8-2)11-21(17-12(3)13(4)18-21)19-14(5)15(6)20-21/h12-15H,7-11H2,1-6H3. The predicted octanol–water partition coefficient (Wildman–Crippen LogP) is 3.93. The third-order valence-corrected chi connectivity index (χ3v) is 8.13. The minimum atomic E-state index is -3.47. The fraction of sp³-hybridized carbons (Fsp3) is 1.00. The van der Waals surface area contributed by atoms with Crippen molar-refractivity contribution < 1.29 is 18.1 Å². The number of nitrogens with zero attached hydrogens (tertiary/aromatic N) is 1. The van der Waals surface area contributed by atoms with Crippen molar-refractivity contribution >= 4 is 7.51 Å². The van der Waals surface area contributed by atoms with Crippen LogP contribution in [0.3, 0.4) is 0 Å². The molecule has 2 aliphatic heterocycles. The first kappa shape index (κ1) is 17.6. The maximum absolute atomic E-state index is 6.30. The van der Waals surface area contributed by atoms with Crippen molar-refractivity contribution in [1.29, 1.82) is 0 Å². The van der Waals surface area contributed by atoms with Crippen LogP contribution in [0.4, 0.5) is 0 Å². The van der Waals surface area contributed by atoms with Gasteiger partial charge in [-0.3, -0.25) is 0 Å². The van der Waals surface area contributed by atoms with Crippen molar-refractivity contribution in [2.24, 2.45) is 0 Å². The van der Waals surface area contributed by atoms with E-state index < -0.39 is 7.51 Å². The van der Waals surface area contributed by atoms with Crippen molar-refractivity contribution in [2.75, 3.05) is 19.4 Å². The van der Waals surface area contributed by atoms with E-state index in [-0.39, 0.29) is 24.4 Å². The molecule has 1 spiro atoms. The fourth-order valence-corrected chi connectivity index (χ4v) is 7.88. The molecule has 6 heteroatoms. The average Bonchev–Trinajstić information content (AvgIpc) is 2.75. The van der Waals surface area contributed by atoms with Crippen molar-refractivity contribution in [3.63, 3.8) is 0 Å². The Bertz CT molecular complexity index is 310. The number of hydrogen-bond acceptors (Lipinski definition) is 5. The minimum absolute atomic E-state index is 0.00488. The molecule has 126 valence electrons. The van der Waals surface area contributed by atoms with E-state index in [0.29, 0.717) is 6.29 Å². The Labute approximate surface area is 129 Å². The molecule has 4 unspecified atom stereocenters. The van der Waals surface area contributed by atoms with Gasteiger partial charge in [0.25, 0.3) is 0 Å². The van der Waals surface area contributed by atoms with Gasteiger partial charge in [-0.1, -0.05) is 0 Å². The summed E-state index contributed by atoms with van der Waals surface area (Å²) < 4.78 is 25.2. The zero-order valence-corrected chi connectivity index (χ0v) is 15.3. The molecular formula is C15H32NO4P. The third kappa shape index (κ3) is 3.44. The first-order valence-electron chi connectivity index (χ1n) is 8.33. The zero-order valence-electron chi connectivity index (χ0n) is 14.4. The van der Waals surface area contributed by atoms with Gasteiger partial charge in [-0.05, 0) is 0 Å². The van der Waals surface area contributed by atoms with Gasteiger partial charge in [0.15, 0.2) is 0 Å². The van der Waals surface area contributed by atoms with E-state index in [9.17, 15) is 0 Å². The summed E-state index contributed by atoms with van der Waals surface area (Å²) in [6, 6.07) is 0. The van der Waals surface area contributed by atoms with Crippen LogP contribution in [0.25, 0.3) is 0 Å². The second-order valence-corrected chi connectivity index (χ2v) is 9.52. The van der Waals surface area contributed by atoms with Gasteiger partial charge in [0.05, 0.1) is 0 Å². The molecule has 0 radical (unpaired) electrons. The van der Waals surface area contributed by atoms with E-state index >= 15 is 0 Å². The summed E-state index contributed by atoms with van der Waals surface area (Å²) in [7, 11) is -3.47. The van der Waals surface area contributed by atoms with Gasteiger partial charge in [-0.25, -0.2) is 0 Å². The predicted molar refractivity (Wildman–Crippen MR) is 86.1 cm³/mol. The van der Waals surface area contributed by atoms with Crippen LogP contribution in [-0.2, 0) is 18.1 Å². The van der Waals surface area contributed by atoms with Crippen LogP contribution in [0, 0.1) is 0 Å². The molecule has 0 amide bonds. The Balaban J connectivity index is 2.25. The van der Waals surface area contributed by atoms with Gasteiger partial charge in [-0.2, -0.15) is 0 Å². The Morgan fingerprint density at radius 3 is 1.33 bits per heavy atom. The molecule has 2 heterocycles. The summed E-state index contributed by atoms with van der Waals surface area (Å²) in [5.41, 5.74) is 0. The van der Waals surface area contributed by atoms with Crippen LogP contribution in [0.5, 0.6) is 0 Å². The van der Waals surface area contributed by atoms with E-state index in [4.69, 9.17) is 18.1 Å². The Morgan fingerprint density at radius 2 is 1.05 bits per heavy atom. The van der Waals surface area contributed by atoms with Crippen LogP contribution >= 0.6 is 7.51 Å². The molecule has 2 aliphatic rings. The van der Waals surface area contributed by atoms with Gasteiger partial charge in [-0.15, -0.1) is 0 Å². The first-order chi connectivity index (χ1) is 9.83. The van der Waals surface area contributed by atoms with E-state index in [1.807, 2.05) is 27.7 Å². The van der Waals surface area contributed by atoms with Gasteiger partial charge in [0.2, 0.25) is 0 Å². The molecule has 0 N–H and O–H groups in total. The summed E-state index contributed by atoms with van der Waals surface area (Å²) in [6.45, 7) is 14.6. The van der Waals surface area contributed by atoms with Gasteiger partial charge in [0.1, 0.15) is 0 Å². The summed E-state index contributed by atoms with van der Waals surface area (Å²) in [4.78, 5) is 2.37. The van der Waals surface area contributed by atoms with E-state index in [1.54, 1.807) is 0 Å². The van der Waals surface area contributed by atoms with E-state index in [0.717, 1.165) is 25.9 Å². The van der Waals surface area contributed by atoms with Gasteiger partial charge >= 0.3 is 129 Å². The molecule has 0 aromatic heterocycles. The average molecular weight is 321 g/mol. The van der Waals surface area contributed by atoms with Crippen molar-refractivity contribution in [3.05, 3.63) is 0 Å². The van der Waals surface area contributed by atoms with Crippen LogP contribution in [0.2, 0.25) is 0 Å². The topological polar surface area (TPSA) is 40.2 Å². The second-order valence-electron chi connectivity index (χ2n) is 6.47. The first-order valence-corrected chi connectivity index (χ1v) is 10.4. The Hall–Kier alpha value is 0.230. The second kappa shape index (κ2) is 6.38. The summed E-state index contributed by atoms with van der Waals surface area (Å²) in [5.74, 6) is 0. The summed E-state index contributed by atoms with van der Waals surface area (Å²) >= 11 is 0. The van der Waals surface area contributed by atoms with Crippen LogP contribution < -0.4 is 0 Å². The molecule has 5 nitrogen and oxygen atoms in total. The zero-order chi connectivity index (χ0) is 15.7. The van der Waals surface area contributed by atoms with Crippen molar-refractivity contribution in [1.82, 2.24) is 4.90 Å². The SMILES string of the molecule is CCCN(CCC)CP12(OC(C)C(C)O1)OC(C)C(C)O2. The molecule has 21 heavy (non-hydrogen) atoms. The molecule has 0 aliphatic carbocycles. The molecule has 0 aromatic rings. The van der Waals surface area contributed by atoms with Crippen LogP contribution in [0.15, 0.2) is 0 Å². The monoisotopic (exact) mass is 321 g/mol. The van der Waals surface area contributed by atoms with E-state index in [2.05, 4.69) is 18.7 Å². The van der Waals surface area contributed by atoms with Crippen LogP contribution in [0.1, 0.15) is 54.4 Å². The van der Waals surface area contributed by atoms with E-state index in [1.165, 1.54) is 0 Å². The molecule has 2 saturated heterocycles. The molecule has 0 aromatic carbocycles. The molecule has 2 fully saturated rings.